The van der Waals surface area contributed by atoms with Crippen molar-refractivity contribution >= 4 is 21.9 Å². The number of carbonyl (C=O) groups excluding carboxylic acids is 2. The van der Waals surface area contributed by atoms with Gasteiger partial charge < -0.3 is 14.8 Å². The van der Waals surface area contributed by atoms with Crippen LogP contribution in [0, 0.1) is 6.92 Å². The van der Waals surface area contributed by atoms with Crippen LogP contribution in [0.1, 0.15) is 35.2 Å². The third kappa shape index (κ3) is 5.75. The first kappa shape index (κ1) is 21.3. The summed E-state index contributed by atoms with van der Waals surface area (Å²) in [6.07, 6.45) is 2.68. The second-order valence-electron chi connectivity index (χ2n) is 6.36. The van der Waals surface area contributed by atoms with Gasteiger partial charge in [0.1, 0.15) is 0 Å². The molecule has 1 N–H and O–H groups in total. The van der Waals surface area contributed by atoms with Crippen LogP contribution in [0.2, 0.25) is 0 Å². The lowest BCUT2D eigenvalue weighted by atomic mass is 10.1. The first-order chi connectivity index (χ1) is 12.9. The van der Waals surface area contributed by atoms with Crippen LogP contribution in [0.5, 0.6) is 0 Å². The number of aryl methyl sites for hydroxylation is 1. The van der Waals surface area contributed by atoms with Crippen LogP contribution in [-0.2, 0) is 24.3 Å². The molecule has 1 fully saturated rings. The minimum atomic E-state index is -3.66. The molecule has 2 rings (SSSR count). The Morgan fingerprint density at radius 1 is 1.19 bits per heavy atom. The molecule has 0 atom stereocenters. The molecule has 0 saturated carbocycles. The van der Waals surface area contributed by atoms with E-state index in [1.807, 2.05) is 0 Å². The Balaban J connectivity index is 2.07. The fraction of sp³-hybridized carbons (Fsp3) is 0.556. The number of hydrogen-bond acceptors (Lipinski definition) is 6. The molecule has 9 heteroatoms. The SMILES string of the molecule is COCCNC(=O)COC(=O)c1ccc(C)c(S(=O)(=O)N2CCCCC2)c1. The quantitative estimate of drug-likeness (QED) is 0.519. The van der Waals surface area contributed by atoms with Crippen molar-refractivity contribution in [1.82, 2.24) is 9.62 Å². The van der Waals surface area contributed by atoms with Gasteiger partial charge in [-0.2, -0.15) is 4.31 Å². The summed E-state index contributed by atoms with van der Waals surface area (Å²) < 4.78 is 37.0. The molecule has 150 valence electrons. The molecule has 0 bridgehead atoms. The van der Waals surface area contributed by atoms with Gasteiger partial charge in [0.05, 0.1) is 17.1 Å². The highest BCUT2D eigenvalue weighted by molar-refractivity contribution is 7.89. The van der Waals surface area contributed by atoms with Gasteiger partial charge >= 0.3 is 5.97 Å². The fourth-order valence-corrected chi connectivity index (χ4v) is 4.58. The van der Waals surface area contributed by atoms with Gasteiger partial charge in [-0.3, -0.25) is 4.79 Å². The summed E-state index contributed by atoms with van der Waals surface area (Å²) in [4.78, 5) is 23.9. The molecular weight excluding hydrogens is 372 g/mol. The number of ether oxygens (including phenoxy) is 2. The van der Waals surface area contributed by atoms with E-state index in [1.165, 1.54) is 23.5 Å². The minimum absolute atomic E-state index is 0.0980. The molecule has 0 aliphatic carbocycles. The van der Waals surface area contributed by atoms with Crippen molar-refractivity contribution in [2.24, 2.45) is 0 Å². The van der Waals surface area contributed by atoms with Gasteiger partial charge in [0, 0.05) is 26.7 Å². The molecule has 27 heavy (non-hydrogen) atoms. The molecule has 1 aromatic carbocycles. The smallest absolute Gasteiger partial charge is 0.338 e. The Bertz CT molecular complexity index is 772. The van der Waals surface area contributed by atoms with E-state index in [0.717, 1.165) is 19.3 Å². The van der Waals surface area contributed by atoms with Gasteiger partial charge in [0.15, 0.2) is 6.61 Å². The number of esters is 1. The van der Waals surface area contributed by atoms with E-state index in [9.17, 15) is 18.0 Å². The molecule has 0 aromatic heterocycles. The molecule has 1 aromatic rings. The molecule has 1 aliphatic rings. The number of carbonyl (C=O) groups is 2. The van der Waals surface area contributed by atoms with E-state index in [1.54, 1.807) is 13.0 Å². The number of nitrogens with one attached hydrogen (secondary N) is 1. The highest BCUT2D eigenvalue weighted by Gasteiger charge is 2.28. The largest absolute Gasteiger partial charge is 0.452 e. The standard InChI is InChI=1S/C18H26N2O6S/c1-14-6-7-15(18(22)26-13-17(21)19-8-11-25-2)12-16(14)27(23,24)20-9-4-3-5-10-20/h6-7,12H,3-5,8-11,13H2,1-2H3,(H,19,21). The molecule has 1 amide bonds. The molecule has 1 saturated heterocycles. The summed E-state index contributed by atoms with van der Waals surface area (Å²) in [7, 11) is -2.15. The number of benzene rings is 1. The molecular formula is C18H26N2O6S. The van der Waals surface area contributed by atoms with Gasteiger partial charge in [-0.1, -0.05) is 12.5 Å². The van der Waals surface area contributed by atoms with Gasteiger partial charge in [-0.05, 0) is 37.5 Å². The lowest BCUT2D eigenvalue weighted by molar-refractivity contribution is -0.124. The lowest BCUT2D eigenvalue weighted by Crippen LogP contribution is -2.36. The van der Waals surface area contributed by atoms with E-state index in [4.69, 9.17) is 9.47 Å². The highest BCUT2D eigenvalue weighted by Crippen LogP contribution is 2.24. The van der Waals surface area contributed by atoms with Gasteiger partial charge in [0.25, 0.3) is 5.91 Å². The van der Waals surface area contributed by atoms with Crippen LogP contribution < -0.4 is 5.32 Å². The van der Waals surface area contributed by atoms with Crippen molar-refractivity contribution in [2.75, 3.05) is 40.0 Å². The first-order valence-corrected chi connectivity index (χ1v) is 10.3. The number of piperidine rings is 1. The summed E-state index contributed by atoms with van der Waals surface area (Å²) in [5.74, 6) is -1.19. The first-order valence-electron chi connectivity index (χ1n) is 8.90. The van der Waals surface area contributed by atoms with E-state index in [0.29, 0.717) is 31.8 Å². The monoisotopic (exact) mass is 398 g/mol. The summed E-state index contributed by atoms with van der Waals surface area (Å²) in [5, 5.41) is 2.53. The topological polar surface area (TPSA) is 102 Å². The van der Waals surface area contributed by atoms with Gasteiger partial charge in [-0.25, -0.2) is 13.2 Å². The van der Waals surface area contributed by atoms with E-state index >= 15 is 0 Å². The number of hydrogen-bond donors (Lipinski definition) is 1. The molecule has 0 radical (unpaired) electrons. The zero-order valence-electron chi connectivity index (χ0n) is 15.7. The molecule has 1 heterocycles. The highest BCUT2D eigenvalue weighted by atomic mass is 32.2. The number of amides is 1. The third-order valence-electron chi connectivity index (χ3n) is 4.32. The van der Waals surface area contributed by atoms with Crippen molar-refractivity contribution < 1.29 is 27.5 Å². The van der Waals surface area contributed by atoms with Crippen LogP contribution in [0.3, 0.4) is 0 Å². The molecule has 0 spiro atoms. The predicted octanol–water partition coefficient (Wildman–Crippen LogP) is 1.09. The Kier molecular flexibility index (Phi) is 7.76. The second-order valence-corrected chi connectivity index (χ2v) is 8.27. The van der Waals surface area contributed by atoms with Gasteiger partial charge in [-0.15, -0.1) is 0 Å². The molecule has 8 nitrogen and oxygen atoms in total. The van der Waals surface area contributed by atoms with Gasteiger partial charge in [0.2, 0.25) is 10.0 Å². The zero-order valence-corrected chi connectivity index (χ0v) is 16.5. The summed E-state index contributed by atoms with van der Waals surface area (Å²) in [6, 6.07) is 4.40. The fourth-order valence-electron chi connectivity index (χ4n) is 2.81. The number of rotatable bonds is 8. The summed E-state index contributed by atoms with van der Waals surface area (Å²) >= 11 is 0. The second kappa shape index (κ2) is 9.82. The Morgan fingerprint density at radius 2 is 1.89 bits per heavy atom. The summed E-state index contributed by atoms with van der Waals surface area (Å²) in [5.41, 5.74) is 0.662. The Labute approximate surface area is 159 Å². The minimum Gasteiger partial charge on any atom is -0.452 e. The lowest BCUT2D eigenvalue weighted by Gasteiger charge is -2.26. The van der Waals surface area contributed by atoms with Crippen molar-refractivity contribution in [3.63, 3.8) is 0 Å². The maximum Gasteiger partial charge on any atom is 0.338 e. The van der Waals surface area contributed by atoms with E-state index in [2.05, 4.69) is 5.32 Å². The average molecular weight is 398 g/mol. The summed E-state index contributed by atoms with van der Waals surface area (Å²) in [6.45, 7) is 2.89. The Morgan fingerprint density at radius 3 is 2.56 bits per heavy atom. The third-order valence-corrected chi connectivity index (χ3v) is 6.36. The number of sulfonamides is 1. The molecule has 0 unspecified atom stereocenters. The Hall–Kier alpha value is -1.97. The van der Waals surface area contributed by atoms with Crippen LogP contribution in [0.4, 0.5) is 0 Å². The molecule has 1 aliphatic heterocycles. The number of nitrogens with zero attached hydrogens (tertiary/aromatic N) is 1. The normalized spacial score (nSPS) is 15.3. The maximum absolute atomic E-state index is 12.9. The predicted molar refractivity (Wildman–Crippen MR) is 99.0 cm³/mol. The average Bonchev–Trinajstić information content (AvgIpc) is 2.67. The van der Waals surface area contributed by atoms with Crippen molar-refractivity contribution in [2.45, 2.75) is 31.1 Å². The van der Waals surface area contributed by atoms with Crippen LogP contribution >= 0.6 is 0 Å². The van der Waals surface area contributed by atoms with Crippen LogP contribution in [0.15, 0.2) is 23.1 Å². The van der Waals surface area contributed by atoms with E-state index < -0.39 is 28.5 Å². The van der Waals surface area contributed by atoms with Crippen molar-refractivity contribution in [1.29, 1.82) is 0 Å². The zero-order chi connectivity index (χ0) is 19.9. The van der Waals surface area contributed by atoms with Crippen LogP contribution in [0.25, 0.3) is 0 Å². The van der Waals surface area contributed by atoms with Crippen LogP contribution in [-0.4, -0.2) is 64.6 Å². The number of methoxy groups -OCH3 is 1. The van der Waals surface area contributed by atoms with Crippen molar-refractivity contribution in [3.8, 4) is 0 Å². The maximum atomic E-state index is 12.9. The van der Waals surface area contributed by atoms with Crippen molar-refractivity contribution in [3.05, 3.63) is 29.3 Å². The van der Waals surface area contributed by atoms with E-state index in [-0.39, 0.29) is 10.5 Å².